The molecule has 0 radical (unpaired) electrons. The van der Waals surface area contributed by atoms with Gasteiger partial charge in [-0.3, -0.25) is 9.59 Å². The third kappa shape index (κ3) is 4.80. The monoisotopic (exact) mass is 482 g/mol. The molecule has 0 fully saturated rings. The maximum absolute atomic E-state index is 12.7. The quantitative estimate of drug-likeness (QED) is 0.468. The van der Waals surface area contributed by atoms with Crippen LogP contribution in [-0.2, 0) is 25.7 Å². The Bertz CT molecular complexity index is 1220. The molecule has 1 unspecified atom stereocenters. The number of anilines is 2. The molecule has 1 aliphatic heterocycles. The topological polar surface area (TPSA) is 112 Å². The number of fused-ring (bicyclic) bond motifs is 1. The Morgan fingerprint density at radius 1 is 1.15 bits per heavy atom. The number of rotatable bonds is 8. The van der Waals surface area contributed by atoms with Gasteiger partial charge in [0.25, 0.3) is 5.91 Å². The van der Waals surface area contributed by atoms with E-state index in [-0.39, 0.29) is 31.4 Å². The fourth-order valence-electron chi connectivity index (χ4n) is 3.77. The van der Waals surface area contributed by atoms with E-state index in [4.69, 9.17) is 21.1 Å². The second-order valence-corrected chi connectivity index (χ2v) is 8.05. The Morgan fingerprint density at radius 3 is 2.50 bits per heavy atom. The maximum atomic E-state index is 12.7. The normalized spacial score (nSPS) is 14.4. The first kappa shape index (κ1) is 23.5. The Kier molecular flexibility index (Phi) is 6.95. The Morgan fingerprint density at radius 2 is 1.85 bits per heavy atom. The molecule has 2 aromatic carbocycles. The smallest absolute Gasteiger partial charge is 0.338 e. The maximum Gasteiger partial charge on any atom is 0.338 e. The van der Waals surface area contributed by atoms with E-state index in [1.54, 1.807) is 50.4 Å². The molecule has 9 nitrogen and oxygen atoms in total. The second-order valence-electron chi connectivity index (χ2n) is 7.61. The molecule has 0 saturated heterocycles. The molecular formula is C24H23ClN4O5. The summed E-state index contributed by atoms with van der Waals surface area (Å²) in [6.45, 7) is 2.24. The number of amides is 2. The minimum Gasteiger partial charge on any atom is -0.462 e. The number of hydrogen-bond acceptors (Lipinski definition) is 6. The molecule has 3 aromatic rings. The standard InChI is InChI=1S/C24H23ClN4O5/c1-3-34-24(32)15-6-10-17(11-7-15)26-20(30)12-19-23(31)27-22-21(14-4-8-16(25)9-5-14)18(13-33-2)28-29(19)22/h4-11,19H,3,12-13H2,1-2H3,(H,26,30)(H,27,31). The average Bonchev–Trinajstić information content (AvgIpc) is 3.30. The van der Waals surface area contributed by atoms with Gasteiger partial charge in [0.1, 0.15) is 11.9 Å². The van der Waals surface area contributed by atoms with Gasteiger partial charge in [-0.05, 0) is 48.9 Å². The van der Waals surface area contributed by atoms with Gasteiger partial charge >= 0.3 is 5.97 Å². The molecule has 4 rings (SSSR count). The Labute approximate surface area is 201 Å². The summed E-state index contributed by atoms with van der Waals surface area (Å²) < 4.78 is 11.8. The largest absolute Gasteiger partial charge is 0.462 e. The molecule has 176 valence electrons. The van der Waals surface area contributed by atoms with Crippen molar-refractivity contribution >= 4 is 40.9 Å². The lowest BCUT2D eigenvalue weighted by atomic mass is 10.1. The summed E-state index contributed by atoms with van der Waals surface area (Å²) in [6.07, 6.45) is -0.118. The summed E-state index contributed by atoms with van der Waals surface area (Å²) in [5, 5.41) is 10.8. The SMILES string of the molecule is CCOC(=O)c1ccc(NC(=O)CC2C(=O)Nc3c(-c4ccc(Cl)cc4)c(COC)nn32)cc1. The van der Waals surface area contributed by atoms with Crippen molar-refractivity contribution in [3.8, 4) is 11.1 Å². The molecule has 2 heterocycles. The molecule has 34 heavy (non-hydrogen) atoms. The first-order valence-electron chi connectivity index (χ1n) is 10.7. The summed E-state index contributed by atoms with van der Waals surface area (Å²) in [4.78, 5) is 37.2. The lowest BCUT2D eigenvalue weighted by Crippen LogP contribution is -2.24. The van der Waals surface area contributed by atoms with Crippen LogP contribution in [0.4, 0.5) is 11.5 Å². The third-order valence-corrected chi connectivity index (χ3v) is 5.55. The zero-order chi connectivity index (χ0) is 24.2. The molecule has 1 aliphatic rings. The molecular weight excluding hydrogens is 460 g/mol. The number of carbonyl (C=O) groups is 3. The van der Waals surface area contributed by atoms with Crippen LogP contribution < -0.4 is 10.6 Å². The van der Waals surface area contributed by atoms with Crippen LogP contribution in [0.15, 0.2) is 48.5 Å². The predicted octanol–water partition coefficient (Wildman–Crippen LogP) is 4.05. The van der Waals surface area contributed by atoms with E-state index in [1.807, 2.05) is 12.1 Å². The molecule has 1 aromatic heterocycles. The highest BCUT2D eigenvalue weighted by atomic mass is 35.5. The summed E-state index contributed by atoms with van der Waals surface area (Å²) in [5.74, 6) is -0.614. The molecule has 0 bridgehead atoms. The molecule has 0 spiro atoms. The van der Waals surface area contributed by atoms with Crippen molar-refractivity contribution in [2.75, 3.05) is 24.4 Å². The minimum absolute atomic E-state index is 0.118. The zero-order valence-corrected chi connectivity index (χ0v) is 19.4. The molecule has 2 N–H and O–H groups in total. The molecule has 0 aliphatic carbocycles. The molecule has 2 amide bonds. The van der Waals surface area contributed by atoms with Crippen LogP contribution in [0.1, 0.15) is 35.4 Å². The van der Waals surface area contributed by atoms with Gasteiger partial charge < -0.3 is 20.1 Å². The summed E-state index contributed by atoms with van der Waals surface area (Å²) >= 11 is 6.02. The summed E-state index contributed by atoms with van der Waals surface area (Å²) in [5.41, 5.74) is 3.07. The van der Waals surface area contributed by atoms with Gasteiger partial charge in [0.05, 0.1) is 30.9 Å². The summed E-state index contributed by atoms with van der Waals surface area (Å²) in [6, 6.07) is 12.7. The van der Waals surface area contributed by atoms with Gasteiger partial charge in [-0.1, -0.05) is 23.7 Å². The average molecular weight is 483 g/mol. The predicted molar refractivity (Wildman–Crippen MR) is 127 cm³/mol. The van der Waals surface area contributed by atoms with Crippen LogP contribution in [0, 0.1) is 0 Å². The Balaban J connectivity index is 1.53. The van der Waals surface area contributed by atoms with Crippen molar-refractivity contribution in [3.63, 3.8) is 0 Å². The number of hydrogen-bond donors (Lipinski definition) is 2. The van der Waals surface area contributed by atoms with E-state index in [0.717, 1.165) is 11.1 Å². The second kappa shape index (κ2) is 10.1. The van der Waals surface area contributed by atoms with E-state index >= 15 is 0 Å². The van der Waals surface area contributed by atoms with Crippen molar-refractivity contribution in [2.24, 2.45) is 0 Å². The molecule has 0 saturated carbocycles. The van der Waals surface area contributed by atoms with Crippen molar-refractivity contribution in [1.82, 2.24) is 9.78 Å². The fourth-order valence-corrected chi connectivity index (χ4v) is 3.89. The first-order valence-corrected chi connectivity index (χ1v) is 11.0. The van der Waals surface area contributed by atoms with Crippen LogP contribution in [-0.4, -0.2) is 41.3 Å². The highest BCUT2D eigenvalue weighted by molar-refractivity contribution is 6.30. The van der Waals surface area contributed by atoms with Gasteiger partial charge in [0.2, 0.25) is 5.91 Å². The van der Waals surface area contributed by atoms with Crippen molar-refractivity contribution in [3.05, 3.63) is 64.8 Å². The van der Waals surface area contributed by atoms with E-state index in [1.165, 1.54) is 4.68 Å². The van der Waals surface area contributed by atoms with Gasteiger partial charge in [-0.2, -0.15) is 5.10 Å². The summed E-state index contributed by atoms with van der Waals surface area (Å²) in [7, 11) is 1.56. The Hall–Kier alpha value is -3.69. The van der Waals surface area contributed by atoms with Crippen LogP contribution in [0.5, 0.6) is 0 Å². The van der Waals surface area contributed by atoms with E-state index in [2.05, 4.69) is 15.7 Å². The van der Waals surface area contributed by atoms with Crippen molar-refractivity contribution < 1.29 is 23.9 Å². The number of esters is 1. The fraction of sp³-hybridized carbons (Fsp3) is 0.250. The lowest BCUT2D eigenvalue weighted by molar-refractivity contribution is -0.123. The minimum atomic E-state index is -0.814. The van der Waals surface area contributed by atoms with E-state index < -0.39 is 12.0 Å². The molecule has 1 atom stereocenters. The highest BCUT2D eigenvalue weighted by Crippen LogP contribution is 2.39. The van der Waals surface area contributed by atoms with E-state index in [0.29, 0.717) is 27.8 Å². The first-order chi connectivity index (χ1) is 16.4. The van der Waals surface area contributed by atoms with Crippen LogP contribution in [0.25, 0.3) is 11.1 Å². The van der Waals surface area contributed by atoms with Crippen molar-refractivity contribution in [2.45, 2.75) is 26.0 Å². The number of aromatic nitrogens is 2. The number of halogens is 1. The van der Waals surface area contributed by atoms with Crippen LogP contribution >= 0.6 is 11.6 Å². The van der Waals surface area contributed by atoms with Crippen LogP contribution in [0.2, 0.25) is 5.02 Å². The lowest BCUT2D eigenvalue weighted by Gasteiger charge is -2.10. The van der Waals surface area contributed by atoms with Gasteiger partial charge in [-0.25, -0.2) is 9.48 Å². The number of carbonyl (C=O) groups excluding carboxylic acids is 3. The third-order valence-electron chi connectivity index (χ3n) is 5.29. The molecule has 10 heteroatoms. The van der Waals surface area contributed by atoms with E-state index in [9.17, 15) is 14.4 Å². The van der Waals surface area contributed by atoms with Crippen molar-refractivity contribution in [1.29, 1.82) is 0 Å². The van der Waals surface area contributed by atoms with Crippen LogP contribution in [0.3, 0.4) is 0 Å². The number of nitrogens with zero attached hydrogens (tertiary/aromatic N) is 2. The number of ether oxygens (including phenoxy) is 2. The highest BCUT2D eigenvalue weighted by Gasteiger charge is 2.37. The van der Waals surface area contributed by atoms with Gasteiger partial charge in [0, 0.05) is 23.4 Å². The number of nitrogens with one attached hydrogen (secondary N) is 2. The number of methoxy groups -OCH3 is 1. The van der Waals surface area contributed by atoms with Gasteiger partial charge in [-0.15, -0.1) is 0 Å². The van der Waals surface area contributed by atoms with Gasteiger partial charge in [0.15, 0.2) is 0 Å². The number of benzene rings is 2. The zero-order valence-electron chi connectivity index (χ0n) is 18.6.